The van der Waals surface area contributed by atoms with Crippen molar-refractivity contribution in [2.75, 3.05) is 33.4 Å². The van der Waals surface area contributed by atoms with Crippen LogP contribution in [0.25, 0.3) is 0 Å². The van der Waals surface area contributed by atoms with Crippen LogP contribution in [0.3, 0.4) is 0 Å². The van der Waals surface area contributed by atoms with Crippen molar-refractivity contribution in [1.82, 2.24) is 9.80 Å². The topological polar surface area (TPSA) is 68.3 Å². The Hall–Kier alpha value is -1.41. The van der Waals surface area contributed by atoms with Crippen molar-refractivity contribution in [3.05, 3.63) is 0 Å². The van der Waals surface area contributed by atoms with Gasteiger partial charge in [0.05, 0.1) is 30.2 Å². The third-order valence-electron chi connectivity index (χ3n) is 8.75. The van der Waals surface area contributed by atoms with Gasteiger partial charge in [0.2, 0.25) is 5.91 Å². The van der Waals surface area contributed by atoms with Gasteiger partial charge in [-0.2, -0.15) is 0 Å². The van der Waals surface area contributed by atoms with Crippen LogP contribution in [0.5, 0.6) is 0 Å². The fourth-order valence-corrected chi connectivity index (χ4v) is 6.78. The minimum atomic E-state index is -1.22. The van der Waals surface area contributed by atoms with Crippen molar-refractivity contribution in [3.8, 4) is 0 Å². The summed E-state index contributed by atoms with van der Waals surface area (Å²) < 4.78 is 32.0. The standard InChI is InChI=1S/C26H43FN2O5/c1-16(2)26(9-7-17(12-26)11-18-8-10-33-15-21(18)32-6)23(30)28-13-20-22(27)19(28)14-29(20)24(31)34-25(3,4)5/h16-22H,7-15H2,1-6H3/t17-,18+,19-,20-,21+,22?,26-/m0/s1. The maximum atomic E-state index is 15.2. The molecule has 0 spiro atoms. The van der Waals surface area contributed by atoms with E-state index in [1.165, 1.54) is 4.90 Å². The molecule has 7 nitrogen and oxygen atoms in total. The van der Waals surface area contributed by atoms with Gasteiger partial charge in [0, 0.05) is 26.8 Å². The van der Waals surface area contributed by atoms with Crippen LogP contribution in [0.4, 0.5) is 9.18 Å². The first-order valence-electron chi connectivity index (χ1n) is 13.0. The zero-order valence-corrected chi connectivity index (χ0v) is 21.7. The molecule has 3 aliphatic heterocycles. The van der Waals surface area contributed by atoms with E-state index in [0.29, 0.717) is 18.4 Å². The maximum Gasteiger partial charge on any atom is 0.410 e. The van der Waals surface area contributed by atoms with Gasteiger partial charge < -0.3 is 19.1 Å². The lowest BCUT2D eigenvalue weighted by molar-refractivity contribution is -0.147. The average Bonchev–Trinajstić information content (AvgIpc) is 3.44. The van der Waals surface area contributed by atoms with Crippen molar-refractivity contribution in [3.63, 3.8) is 0 Å². The Morgan fingerprint density at radius 1 is 1.15 bits per heavy atom. The molecule has 0 aromatic carbocycles. The van der Waals surface area contributed by atoms with E-state index in [1.807, 2.05) is 0 Å². The summed E-state index contributed by atoms with van der Waals surface area (Å²) in [6.07, 6.45) is 3.17. The predicted molar refractivity (Wildman–Crippen MR) is 126 cm³/mol. The first-order chi connectivity index (χ1) is 16.0. The van der Waals surface area contributed by atoms with Gasteiger partial charge in [-0.25, -0.2) is 9.18 Å². The van der Waals surface area contributed by atoms with E-state index in [2.05, 4.69) is 13.8 Å². The molecule has 1 saturated carbocycles. The van der Waals surface area contributed by atoms with Crippen molar-refractivity contribution >= 4 is 12.0 Å². The minimum absolute atomic E-state index is 0.0826. The Kier molecular flexibility index (Phi) is 7.22. The highest BCUT2D eigenvalue weighted by molar-refractivity contribution is 5.85. The van der Waals surface area contributed by atoms with Gasteiger partial charge in [-0.15, -0.1) is 0 Å². The van der Waals surface area contributed by atoms with Crippen LogP contribution in [-0.2, 0) is 19.0 Å². The Morgan fingerprint density at radius 3 is 2.41 bits per heavy atom. The molecule has 1 unspecified atom stereocenters. The van der Waals surface area contributed by atoms with Gasteiger partial charge in [-0.05, 0) is 70.6 Å². The summed E-state index contributed by atoms with van der Waals surface area (Å²) in [5, 5.41) is 0. The normalized spacial score (nSPS) is 38.1. The van der Waals surface area contributed by atoms with E-state index in [0.717, 1.165) is 38.7 Å². The molecule has 3 saturated heterocycles. The summed E-state index contributed by atoms with van der Waals surface area (Å²) in [5.74, 6) is 1.19. The molecular formula is C26H43FN2O5. The van der Waals surface area contributed by atoms with Crippen molar-refractivity contribution in [1.29, 1.82) is 0 Å². The molecule has 2 amide bonds. The Morgan fingerprint density at radius 2 is 1.82 bits per heavy atom. The largest absolute Gasteiger partial charge is 0.444 e. The second-order valence-corrected chi connectivity index (χ2v) is 12.2. The zero-order chi connectivity index (χ0) is 24.8. The number of rotatable bonds is 5. The number of nitrogens with zero attached hydrogens (tertiary/aromatic N) is 2. The number of halogens is 1. The number of alkyl halides is 1. The number of hydrogen-bond acceptors (Lipinski definition) is 5. The van der Waals surface area contributed by atoms with Crippen LogP contribution in [0.1, 0.15) is 66.7 Å². The molecule has 0 radical (unpaired) electrons. The molecule has 0 aromatic rings. The van der Waals surface area contributed by atoms with E-state index in [9.17, 15) is 9.59 Å². The first kappa shape index (κ1) is 25.7. The quantitative estimate of drug-likeness (QED) is 0.592. The summed E-state index contributed by atoms with van der Waals surface area (Å²) >= 11 is 0. The van der Waals surface area contributed by atoms with E-state index in [1.54, 1.807) is 32.8 Å². The molecule has 4 rings (SSSR count). The molecule has 0 N–H and O–H groups in total. The Bertz CT molecular complexity index is 771. The summed E-state index contributed by atoms with van der Waals surface area (Å²) in [7, 11) is 1.75. The molecule has 1 aliphatic carbocycles. The van der Waals surface area contributed by atoms with Gasteiger partial charge in [0.25, 0.3) is 0 Å². The number of carbonyl (C=O) groups is 2. The second-order valence-electron chi connectivity index (χ2n) is 12.2. The van der Waals surface area contributed by atoms with Gasteiger partial charge >= 0.3 is 6.09 Å². The number of amides is 2. The van der Waals surface area contributed by atoms with Crippen LogP contribution in [-0.4, -0.2) is 85.2 Å². The van der Waals surface area contributed by atoms with Crippen LogP contribution < -0.4 is 0 Å². The fraction of sp³-hybridized carbons (Fsp3) is 0.923. The molecule has 4 fully saturated rings. The monoisotopic (exact) mass is 482 g/mol. The smallest absolute Gasteiger partial charge is 0.410 e. The third-order valence-corrected chi connectivity index (χ3v) is 8.75. The number of carbonyl (C=O) groups excluding carboxylic acids is 2. The summed E-state index contributed by atoms with van der Waals surface area (Å²) in [5.41, 5.74) is -1.09. The van der Waals surface area contributed by atoms with E-state index in [4.69, 9.17) is 14.2 Å². The zero-order valence-electron chi connectivity index (χ0n) is 21.7. The van der Waals surface area contributed by atoms with Gasteiger partial charge in [0.1, 0.15) is 11.8 Å². The lowest BCUT2D eigenvalue weighted by atomic mass is 9.73. The van der Waals surface area contributed by atoms with E-state index >= 15 is 4.39 Å². The molecule has 0 aromatic heterocycles. The molecule has 194 valence electrons. The Balaban J connectivity index is 1.43. The first-order valence-corrected chi connectivity index (χ1v) is 13.0. The number of piperazine rings is 1. The van der Waals surface area contributed by atoms with Crippen molar-refractivity contribution in [2.45, 2.75) is 96.7 Å². The highest BCUT2D eigenvalue weighted by Crippen LogP contribution is 2.52. The van der Waals surface area contributed by atoms with Crippen molar-refractivity contribution < 1.29 is 28.2 Å². The van der Waals surface area contributed by atoms with Gasteiger partial charge in [-0.3, -0.25) is 9.69 Å². The number of likely N-dealkylation sites (tertiary alicyclic amines) is 2. The minimum Gasteiger partial charge on any atom is -0.444 e. The fourth-order valence-electron chi connectivity index (χ4n) is 6.78. The molecule has 34 heavy (non-hydrogen) atoms. The highest BCUT2D eigenvalue weighted by Gasteiger charge is 2.60. The molecular weight excluding hydrogens is 439 g/mol. The average molecular weight is 483 g/mol. The van der Waals surface area contributed by atoms with Crippen LogP contribution in [0.2, 0.25) is 0 Å². The van der Waals surface area contributed by atoms with E-state index < -0.39 is 35.4 Å². The lowest BCUT2D eigenvalue weighted by Crippen LogP contribution is -2.55. The van der Waals surface area contributed by atoms with Crippen molar-refractivity contribution in [2.24, 2.45) is 23.2 Å². The van der Waals surface area contributed by atoms with Gasteiger partial charge in [0.15, 0.2) is 0 Å². The number of hydrogen-bond donors (Lipinski definition) is 0. The highest BCUT2D eigenvalue weighted by atomic mass is 19.1. The number of methoxy groups -OCH3 is 1. The van der Waals surface area contributed by atoms with Crippen LogP contribution in [0, 0.1) is 23.2 Å². The molecule has 8 heteroatoms. The predicted octanol–water partition coefficient (Wildman–Crippen LogP) is 4.04. The third kappa shape index (κ3) is 4.69. The van der Waals surface area contributed by atoms with Crippen LogP contribution in [0.15, 0.2) is 0 Å². The molecule has 4 aliphatic rings. The lowest BCUT2D eigenvalue weighted by Gasteiger charge is -2.41. The van der Waals surface area contributed by atoms with Crippen LogP contribution >= 0.6 is 0 Å². The SMILES string of the molecule is CO[C@@H]1COCC[C@@H]1C[C@@H]1CC[C@@](C(=O)N2C[C@H]3C(F)[C@@H]2CN3C(=O)OC(C)(C)C)(C(C)C)C1. The second kappa shape index (κ2) is 9.57. The number of fused-ring (bicyclic) bond motifs is 2. The van der Waals surface area contributed by atoms with E-state index in [-0.39, 0.29) is 31.0 Å². The number of ether oxygens (including phenoxy) is 3. The molecule has 2 bridgehead atoms. The summed E-state index contributed by atoms with van der Waals surface area (Å²) in [6, 6.07) is -1.19. The molecule has 3 heterocycles. The summed E-state index contributed by atoms with van der Waals surface area (Å²) in [4.78, 5) is 29.8. The molecule has 7 atom stereocenters. The summed E-state index contributed by atoms with van der Waals surface area (Å²) in [6.45, 7) is 11.6. The Labute approximate surface area is 203 Å². The van der Waals surface area contributed by atoms with Gasteiger partial charge in [-0.1, -0.05) is 13.8 Å². The maximum absolute atomic E-state index is 15.2.